The second kappa shape index (κ2) is 8.99. The first-order valence-corrected chi connectivity index (χ1v) is 9.90. The second-order valence-electron chi connectivity index (χ2n) is 6.67. The molecule has 0 saturated carbocycles. The fraction of sp³-hybridized carbons (Fsp3) is 0.350. The Morgan fingerprint density at radius 1 is 1.11 bits per heavy atom. The van der Waals surface area contributed by atoms with Gasteiger partial charge in [-0.05, 0) is 42.7 Å². The maximum Gasteiger partial charge on any atom is 0.253 e. The molecule has 2 amide bonds. The first-order chi connectivity index (χ1) is 13.0. The van der Waals surface area contributed by atoms with E-state index < -0.39 is 11.9 Å². The molecule has 0 unspecified atom stereocenters. The van der Waals surface area contributed by atoms with Crippen molar-refractivity contribution in [2.45, 2.75) is 31.7 Å². The number of nitrogens with two attached hydrogens (primary N) is 1. The standard InChI is InChI=1S/C20H23BrN4O2/c21-16-7-5-6-14(12-16)18(19(22)26)24-20(27)15-8-9-17(23-13-15)25-10-3-1-2-4-11-25/h5-9,12-13,18H,1-4,10-11H2,(H2,22,26)(H,24,27)/t18-/m0/s1. The molecule has 0 radical (unpaired) electrons. The van der Waals surface area contributed by atoms with Crippen LogP contribution in [0.1, 0.15) is 47.6 Å². The van der Waals surface area contributed by atoms with Crippen molar-refractivity contribution in [1.29, 1.82) is 0 Å². The van der Waals surface area contributed by atoms with E-state index in [-0.39, 0.29) is 5.91 Å². The number of nitrogens with one attached hydrogen (secondary N) is 1. The summed E-state index contributed by atoms with van der Waals surface area (Å²) in [4.78, 5) is 31.1. The lowest BCUT2D eigenvalue weighted by Crippen LogP contribution is -2.37. The molecule has 0 spiro atoms. The summed E-state index contributed by atoms with van der Waals surface area (Å²) in [5.41, 5.74) is 6.51. The molecule has 1 aliphatic heterocycles. The van der Waals surface area contributed by atoms with E-state index in [1.807, 2.05) is 12.1 Å². The maximum atomic E-state index is 12.6. The third kappa shape index (κ3) is 5.07. The Bertz CT molecular complexity index is 802. The lowest BCUT2D eigenvalue weighted by molar-refractivity contribution is -0.120. The van der Waals surface area contributed by atoms with E-state index in [0.29, 0.717) is 11.1 Å². The lowest BCUT2D eigenvalue weighted by Gasteiger charge is -2.21. The van der Waals surface area contributed by atoms with Crippen molar-refractivity contribution in [3.63, 3.8) is 0 Å². The Hall–Kier alpha value is -2.41. The summed E-state index contributed by atoms with van der Waals surface area (Å²) in [5, 5.41) is 2.70. The summed E-state index contributed by atoms with van der Waals surface area (Å²) in [6, 6.07) is 9.84. The van der Waals surface area contributed by atoms with Crippen LogP contribution in [0.5, 0.6) is 0 Å². The fourth-order valence-electron chi connectivity index (χ4n) is 3.23. The van der Waals surface area contributed by atoms with Gasteiger partial charge in [-0.2, -0.15) is 0 Å². The SMILES string of the molecule is NC(=O)[C@@H](NC(=O)c1ccc(N2CCCCCC2)nc1)c1cccc(Br)c1. The first-order valence-electron chi connectivity index (χ1n) is 9.11. The molecule has 3 rings (SSSR count). The number of benzene rings is 1. The molecule has 1 fully saturated rings. The molecule has 0 bridgehead atoms. The van der Waals surface area contributed by atoms with Crippen LogP contribution in [0.4, 0.5) is 5.82 Å². The molecule has 2 heterocycles. The van der Waals surface area contributed by atoms with Crippen molar-refractivity contribution in [2.75, 3.05) is 18.0 Å². The topological polar surface area (TPSA) is 88.3 Å². The molecular weight excluding hydrogens is 408 g/mol. The third-order valence-corrected chi connectivity index (χ3v) is 5.18. The summed E-state index contributed by atoms with van der Waals surface area (Å²) >= 11 is 3.36. The third-order valence-electron chi connectivity index (χ3n) is 4.68. The predicted molar refractivity (Wildman–Crippen MR) is 108 cm³/mol. The minimum absolute atomic E-state index is 0.381. The van der Waals surface area contributed by atoms with Gasteiger partial charge < -0.3 is 16.0 Å². The largest absolute Gasteiger partial charge is 0.368 e. The quantitative estimate of drug-likeness (QED) is 0.761. The van der Waals surface area contributed by atoms with Crippen molar-refractivity contribution in [1.82, 2.24) is 10.3 Å². The predicted octanol–water partition coefficient (Wildman–Crippen LogP) is 3.18. The summed E-state index contributed by atoms with van der Waals surface area (Å²) in [7, 11) is 0. The van der Waals surface area contributed by atoms with Gasteiger partial charge in [0.05, 0.1) is 5.56 Å². The zero-order valence-electron chi connectivity index (χ0n) is 15.0. The van der Waals surface area contributed by atoms with Gasteiger partial charge in [0.1, 0.15) is 11.9 Å². The van der Waals surface area contributed by atoms with E-state index in [2.05, 4.69) is 31.1 Å². The first kappa shape index (κ1) is 19.4. The van der Waals surface area contributed by atoms with E-state index in [4.69, 9.17) is 5.73 Å². The van der Waals surface area contributed by atoms with E-state index in [1.165, 1.54) is 12.8 Å². The van der Waals surface area contributed by atoms with Crippen LogP contribution >= 0.6 is 15.9 Å². The molecule has 3 N–H and O–H groups in total. The number of hydrogen-bond acceptors (Lipinski definition) is 4. The van der Waals surface area contributed by atoms with Crippen molar-refractivity contribution in [3.8, 4) is 0 Å². The van der Waals surface area contributed by atoms with Gasteiger partial charge in [0, 0.05) is 23.8 Å². The number of nitrogens with zero attached hydrogens (tertiary/aromatic N) is 2. The van der Waals surface area contributed by atoms with Crippen molar-refractivity contribution >= 4 is 33.6 Å². The van der Waals surface area contributed by atoms with Gasteiger partial charge in [-0.15, -0.1) is 0 Å². The van der Waals surface area contributed by atoms with Crippen LogP contribution in [0.3, 0.4) is 0 Å². The molecule has 1 saturated heterocycles. The molecule has 27 heavy (non-hydrogen) atoms. The van der Waals surface area contributed by atoms with Crippen LogP contribution in [0.25, 0.3) is 0 Å². The molecule has 7 heteroatoms. The number of carbonyl (C=O) groups is 2. The molecule has 1 atom stereocenters. The molecular formula is C20H23BrN4O2. The monoisotopic (exact) mass is 430 g/mol. The smallest absolute Gasteiger partial charge is 0.253 e. The highest BCUT2D eigenvalue weighted by molar-refractivity contribution is 9.10. The number of rotatable bonds is 5. The number of amides is 2. The van der Waals surface area contributed by atoms with E-state index in [9.17, 15) is 9.59 Å². The highest BCUT2D eigenvalue weighted by Gasteiger charge is 2.21. The molecule has 2 aromatic rings. The van der Waals surface area contributed by atoms with Crippen molar-refractivity contribution < 1.29 is 9.59 Å². The molecule has 1 aliphatic rings. The van der Waals surface area contributed by atoms with Gasteiger partial charge in [0.2, 0.25) is 5.91 Å². The van der Waals surface area contributed by atoms with Gasteiger partial charge in [-0.3, -0.25) is 9.59 Å². The van der Waals surface area contributed by atoms with Crippen LogP contribution in [-0.2, 0) is 4.79 Å². The van der Waals surface area contributed by atoms with E-state index >= 15 is 0 Å². The Morgan fingerprint density at radius 2 is 1.85 bits per heavy atom. The van der Waals surface area contributed by atoms with Crippen molar-refractivity contribution in [3.05, 3.63) is 58.2 Å². The van der Waals surface area contributed by atoms with Gasteiger partial charge in [-0.1, -0.05) is 40.9 Å². The second-order valence-corrected chi connectivity index (χ2v) is 7.59. The normalized spacial score (nSPS) is 15.7. The Morgan fingerprint density at radius 3 is 2.44 bits per heavy atom. The van der Waals surface area contributed by atoms with Gasteiger partial charge in [0.15, 0.2) is 0 Å². The maximum absolute atomic E-state index is 12.6. The number of anilines is 1. The Labute approximate surface area is 167 Å². The molecule has 6 nitrogen and oxygen atoms in total. The zero-order valence-corrected chi connectivity index (χ0v) is 16.6. The Kier molecular flexibility index (Phi) is 6.45. The lowest BCUT2D eigenvalue weighted by atomic mass is 10.1. The average molecular weight is 431 g/mol. The Balaban J connectivity index is 1.71. The van der Waals surface area contributed by atoms with Crippen LogP contribution in [0.15, 0.2) is 47.1 Å². The van der Waals surface area contributed by atoms with Gasteiger partial charge >= 0.3 is 0 Å². The minimum Gasteiger partial charge on any atom is -0.368 e. The molecule has 1 aromatic carbocycles. The number of carbonyl (C=O) groups excluding carboxylic acids is 2. The minimum atomic E-state index is -0.903. The van der Waals surface area contributed by atoms with Crippen LogP contribution in [0.2, 0.25) is 0 Å². The summed E-state index contributed by atoms with van der Waals surface area (Å²) in [6.07, 6.45) is 6.38. The van der Waals surface area contributed by atoms with E-state index in [0.717, 1.165) is 36.2 Å². The van der Waals surface area contributed by atoms with Crippen molar-refractivity contribution in [2.24, 2.45) is 5.73 Å². The van der Waals surface area contributed by atoms with E-state index in [1.54, 1.807) is 30.5 Å². The van der Waals surface area contributed by atoms with Crippen LogP contribution < -0.4 is 16.0 Å². The number of pyridine rings is 1. The number of hydrogen-bond donors (Lipinski definition) is 2. The highest BCUT2D eigenvalue weighted by Crippen LogP contribution is 2.20. The summed E-state index contributed by atoms with van der Waals surface area (Å²) in [6.45, 7) is 1.98. The fourth-order valence-corrected chi connectivity index (χ4v) is 3.64. The van der Waals surface area contributed by atoms with Gasteiger partial charge in [-0.25, -0.2) is 4.98 Å². The molecule has 142 valence electrons. The average Bonchev–Trinajstić information content (AvgIpc) is 2.95. The number of aromatic nitrogens is 1. The van der Waals surface area contributed by atoms with Crippen LogP contribution in [-0.4, -0.2) is 29.9 Å². The van der Waals surface area contributed by atoms with Gasteiger partial charge in [0.25, 0.3) is 5.91 Å². The summed E-state index contributed by atoms with van der Waals surface area (Å²) < 4.78 is 0.809. The number of primary amides is 1. The highest BCUT2D eigenvalue weighted by atomic mass is 79.9. The van der Waals surface area contributed by atoms with Crippen LogP contribution in [0, 0.1) is 0 Å². The molecule has 1 aromatic heterocycles. The number of halogens is 1. The zero-order chi connectivity index (χ0) is 19.2. The summed E-state index contributed by atoms with van der Waals surface area (Å²) in [5.74, 6) is -0.115. The molecule has 0 aliphatic carbocycles.